The average Bonchev–Trinajstić information content (AvgIpc) is 2.63. The minimum Gasteiger partial charge on any atom is -0.488 e. The van der Waals surface area contributed by atoms with Crippen molar-refractivity contribution in [3.63, 3.8) is 0 Å². The van der Waals surface area contributed by atoms with Crippen molar-refractivity contribution < 1.29 is 28.4 Å². The molecule has 132 valence electrons. The zero-order chi connectivity index (χ0) is 17.4. The minimum atomic E-state index is -0.413. The monoisotopic (exact) mass is 336 g/mol. The summed E-state index contributed by atoms with van der Waals surface area (Å²) >= 11 is 0. The second-order valence-corrected chi connectivity index (χ2v) is 5.06. The van der Waals surface area contributed by atoms with Crippen LogP contribution in [-0.2, 0) is 18.9 Å². The molecule has 0 aromatic heterocycles. The normalized spacial score (nSPS) is 11.4. The summed E-state index contributed by atoms with van der Waals surface area (Å²) < 4.78 is 32.1. The molecule has 0 spiro atoms. The molecule has 6 nitrogen and oxygen atoms in total. The molecule has 0 atom stereocenters. The Balaban J connectivity index is 2.15. The molecule has 2 aromatic rings. The van der Waals surface area contributed by atoms with Crippen LogP contribution in [0.15, 0.2) is 36.4 Å². The maximum atomic E-state index is 5.83. The van der Waals surface area contributed by atoms with Crippen molar-refractivity contribution in [1.29, 1.82) is 0 Å². The first-order valence-corrected chi connectivity index (χ1v) is 7.61. The Kier molecular flexibility index (Phi) is 7.27. The van der Waals surface area contributed by atoms with Crippen molar-refractivity contribution in [1.82, 2.24) is 0 Å². The van der Waals surface area contributed by atoms with E-state index in [2.05, 4.69) is 0 Å². The van der Waals surface area contributed by atoms with Crippen LogP contribution in [0.5, 0.6) is 11.5 Å². The van der Waals surface area contributed by atoms with Gasteiger partial charge in [-0.1, -0.05) is 18.2 Å². The van der Waals surface area contributed by atoms with E-state index in [1.54, 1.807) is 28.4 Å². The van der Waals surface area contributed by atoms with Crippen molar-refractivity contribution in [2.45, 2.75) is 12.6 Å². The van der Waals surface area contributed by atoms with Gasteiger partial charge in [0.15, 0.2) is 12.6 Å². The maximum Gasteiger partial charge on any atom is 0.191 e. The highest BCUT2D eigenvalue weighted by Crippen LogP contribution is 2.29. The number of methoxy groups -OCH3 is 4. The van der Waals surface area contributed by atoms with Crippen molar-refractivity contribution >= 4 is 10.8 Å². The van der Waals surface area contributed by atoms with E-state index in [-0.39, 0.29) is 0 Å². The summed E-state index contributed by atoms with van der Waals surface area (Å²) in [5, 5.41) is 2.01. The SMILES string of the molecule is COC(COc1ccc2cccc(OCC(OC)OC)c2c1)OC. The first-order chi connectivity index (χ1) is 11.7. The van der Waals surface area contributed by atoms with E-state index in [1.165, 1.54) is 0 Å². The molecule has 0 saturated heterocycles. The predicted octanol–water partition coefficient (Wildman–Crippen LogP) is 2.84. The Morgan fingerprint density at radius 1 is 0.750 bits per heavy atom. The van der Waals surface area contributed by atoms with Gasteiger partial charge in [-0.25, -0.2) is 0 Å². The first-order valence-electron chi connectivity index (χ1n) is 7.61. The van der Waals surface area contributed by atoms with Gasteiger partial charge < -0.3 is 28.4 Å². The molecule has 0 radical (unpaired) electrons. The third-order valence-electron chi connectivity index (χ3n) is 3.63. The van der Waals surface area contributed by atoms with E-state index in [4.69, 9.17) is 28.4 Å². The minimum absolute atomic E-state index is 0.298. The van der Waals surface area contributed by atoms with Crippen LogP contribution in [0.2, 0.25) is 0 Å². The third-order valence-corrected chi connectivity index (χ3v) is 3.63. The molecule has 0 heterocycles. The molecule has 2 aromatic carbocycles. The largest absolute Gasteiger partial charge is 0.488 e. The van der Waals surface area contributed by atoms with Gasteiger partial charge in [-0.15, -0.1) is 0 Å². The van der Waals surface area contributed by atoms with Crippen LogP contribution in [0, 0.1) is 0 Å². The molecule has 0 N–H and O–H groups in total. The second-order valence-electron chi connectivity index (χ2n) is 5.06. The van der Waals surface area contributed by atoms with Crippen LogP contribution in [0.1, 0.15) is 0 Å². The Labute approximate surface area is 142 Å². The van der Waals surface area contributed by atoms with Gasteiger partial charge in [0.2, 0.25) is 0 Å². The van der Waals surface area contributed by atoms with Crippen molar-refractivity contribution in [3.8, 4) is 11.5 Å². The maximum absolute atomic E-state index is 5.83. The van der Waals surface area contributed by atoms with Gasteiger partial charge in [0.25, 0.3) is 0 Å². The summed E-state index contributed by atoms with van der Waals surface area (Å²) in [7, 11) is 6.31. The molecule has 0 saturated carbocycles. The fourth-order valence-corrected chi connectivity index (χ4v) is 2.23. The Morgan fingerprint density at radius 2 is 1.38 bits per heavy atom. The van der Waals surface area contributed by atoms with E-state index in [1.807, 2.05) is 36.4 Å². The van der Waals surface area contributed by atoms with Crippen LogP contribution in [-0.4, -0.2) is 54.2 Å². The number of hydrogen-bond donors (Lipinski definition) is 0. The molecule has 0 unspecified atom stereocenters. The lowest BCUT2D eigenvalue weighted by Crippen LogP contribution is -2.22. The van der Waals surface area contributed by atoms with Gasteiger partial charge in [0.1, 0.15) is 24.7 Å². The molecule has 0 aliphatic heterocycles. The van der Waals surface area contributed by atoms with Gasteiger partial charge in [-0.2, -0.15) is 0 Å². The first kappa shape index (κ1) is 18.5. The van der Waals surface area contributed by atoms with Crippen LogP contribution in [0.3, 0.4) is 0 Å². The van der Waals surface area contributed by atoms with Crippen LogP contribution in [0.25, 0.3) is 10.8 Å². The lowest BCUT2D eigenvalue weighted by molar-refractivity contribution is -0.122. The average molecular weight is 336 g/mol. The molecular weight excluding hydrogens is 312 g/mol. The van der Waals surface area contributed by atoms with E-state index in [0.717, 1.165) is 16.5 Å². The molecular formula is C18H24O6. The number of fused-ring (bicyclic) bond motifs is 1. The van der Waals surface area contributed by atoms with Crippen LogP contribution in [0.4, 0.5) is 0 Å². The van der Waals surface area contributed by atoms with Gasteiger partial charge in [-0.3, -0.25) is 0 Å². The predicted molar refractivity (Wildman–Crippen MR) is 90.6 cm³/mol. The lowest BCUT2D eigenvalue weighted by atomic mass is 10.1. The zero-order valence-electron chi connectivity index (χ0n) is 14.5. The molecule has 0 aliphatic rings. The third kappa shape index (κ3) is 4.82. The molecule has 6 heteroatoms. The topological polar surface area (TPSA) is 55.4 Å². The van der Waals surface area contributed by atoms with Crippen LogP contribution < -0.4 is 9.47 Å². The van der Waals surface area contributed by atoms with Gasteiger partial charge >= 0.3 is 0 Å². The highest BCUT2D eigenvalue weighted by Gasteiger charge is 2.10. The highest BCUT2D eigenvalue weighted by atomic mass is 16.7. The second kappa shape index (κ2) is 9.44. The zero-order valence-corrected chi connectivity index (χ0v) is 14.5. The lowest BCUT2D eigenvalue weighted by Gasteiger charge is -2.17. The van der Waals surface area contributed by atoms with E-state index in [9.17, 15) is 0 Å². The number of ether oxygens (including phenoxy) is 6. The summed E-state index contributed by atoms with van der Waals surface area (Å²) in [4.78, 5) is 0. The van der Waals surface area contributed by atoms with Gasteiger partial charge in [0.05, 0.1) is 0 Å². The Morgan fingerprint density at radius 3 is 2.00 bits per heavy atom. The standard InChI is InChI=1S/C18H24O6/c1-19-17(20-2)11-23-14-9-8-13-6-5-7-16(15(13)10-14)24-12-18(21-3)22-4/h5-10,17-18H,11-12H2,1-4H3. The highest BCUT2D eigenvalue weighted by molar-refractivity contribution is 5.89. The summed E-state index contributed by atoms with van der Waals surface area (Å²) in [6.07, 6.45) is -0.819. The van der Waals surface area contributed by atoms with Crippen molar-refractivity contribution in [3.05, 3.63) is 36.4 Å². The number of benzene rings is 2. The Bertz CT molecular complexity index is 622. The molecule has 24 heavy (non-hydrogen) atoms. The fourth-order valence-electron chi connectivity index (χ4n) is 2.23. The summed E-state index contributed by atoms with van der Waals surface area (Å²) in [6.45, 7) is 0.601. The van der Waals surface area contributed by atoms with Crippen molar-refractivity contribution in [2.75, 3.05) is 41.7 Å². The molecule has 0 amide bonds. The summed E-state index contributed by atoms with van der Waals surface area (Å²) in [5.41, 5.74) is 0. The summed E-state index contributed by atoms with van der Waals surface area (Å²) in [5.74, 6) is 1.46. The fraction of sp³-hybridized carbons (Fsp3) is 0.444. The smallest absolute Gasteiger partial charge is 0.191 e. The Hall–Kier alpha value is -1.86. The van der Waals surface area contributed by atoms with Crippen molar-refractivity contribution in [2.24, 2.45) is 0 Å². The number of hydrogen-bond acceptors (Lipinski definition) is 6. The van der Waals surface area contributed by atoms with E-state index < -0.39 is 12.6 Å². The quantitative estimate of drug-likeness (QED) is 0.622. The number of rotatable bonds is 10. The molecule has 0 bridgehead atoms. The molecule has 2 rings (SSSR count). The molecule has 0 aliphatic carbocycles. The molecule has 0 fully saturated rings. The summed E-state index contributed by atoms with van der Waals surface area (Å²) in [6, 6.07) is 11.7. The van der Waals surface area contributed by atoms with Gasteiger partial charge in [0, 0.05) is 33.8 Å². The van der Waals surface area contributed by atoms with Crippen LogP contribution >= 0.6 is 0 Å². The van der Waals surface area contributed by atoms with Gasteiger partial charge in [-0.05, 0) is 23.6 Å². The van der Waals surface area contributed by atoms with E-state index >= 15 is 0 Å². The van der Waals surface area contributed by atoms with E-state index in [0.29, 0.717) is 19.0 Å².